The first-order valence-electron chi connectivity index (χ1n) is 12.8. The first-order valence-corrected chi connectivity index (χ1v) is 12.8. The Morgan fingerprint density at radius 3 is 2.57 bits per heavy atom. The molecule has 4 aliphatic carbocycles. The van der Waals surface area contributed by atoms with Gasteiger partial charge in [-0.25, -0.2) is 0 Å². The normalized spacial score (nSPS) is 40.3. The van der Waals surface area contributed by atoms with Crippen LogP contribution >= 0.6 is 0 Å². The molecule has 164 valence electrons. The Morgan fingerprint density at radius 2 is 1.73 bits per heavy atom. The lowest BCUT2D eigenvalue weighted by Crippen LogP contribution is -2.45. The molecule has 0 saturated heterocycles. The van der Waals surface area contributed by atoms with E-state index in [4.69, 9.17) is 10.00 Å². The minimum absolute atomic E-state index is 0.688. The molecule has 1 aromatic rings. The van der Waals surface area contributed by atoms with Crippen molar-refractivity contribution in [3.63, 3.8) is 0 Å². The van der Waals surface area contributed by atoms with E-state index in [0.717, 1.165) is 67.1 Å². The minimum Gasteiger partial charge on any atom is -0.381 e. The molecular weight excluding hydrogens is 370 g/mol. The molecule has 0 bridgehead atoms. The summed E-state index contributed by atoms with van der Waals surface area (Å²) in [5.41, 5.74) is 0.688. The number of ether oxygens (including phenoxy) is 1. The van der Waals surface area contributed by atoms with Gasteiger partial charge in [-0.2, -0.15) is 10.4 Å². The fourth-order valence-corrected chi connectivity index (χ4v) is 8.36. The molecule has 30 heavy (non-hydrogen) atoms. The topological polar surface area (TPSA) is 50.8 Å². The Bertz CT molecular complexity index is 752. The summed E-state index contributed by atoms with van der Waals surface area (Å²) < 4.78 is 7.76. The van der Waals surface area contributed by atoms with Crippen LogP contribution in [-0.2, 0) is 11.3 Å². The molecule has 0 radical (unpaired) electrons. The van der Waals surface area contributed by atoms with Gasteiger partial charge in [0.05, 0.1) is 11.8 Å². The van der Waals surface area contributed by atoms with E-state index in [0.29, 0.717) is 5.56 Å². The lowest BCUT2D eigenvalue weighted by Gasteiger charge is -2.53. The van der Waals surface area contributed by atoms with Crippen molar-refractivity contribution in [1.29, 1.82) is 5.26 Å². The third-order valence-electron chi connectivity index (χ3n) is 9.58. The van der Waals surface area contributed by atoms with Crippen LogP contribution in [0.2, 0.25) is 0 Å². The SMILES string of the molecule is CCOCC1CCC2C(CCC3C2CCC2C3CC[C@@H]2CCn2cc(C#N)cn2)C1. The van der Waals surface area contributed by atoms with Crippen LogP contribution in [0.25, 0.3) is 0 Å². The van der Waals surface area contributed by atoms with Crippen LogP contribution in [0.4, 0.5) is 0 Å². The van der Waals surface area contributed by atoms with E-state index in [2.05, 4.69) is 18.1 Å². The van der Waals surface area contributed by atoms with Crippen LogP contribution in [0.1, 0.15) is 76.7 Å². The van der Waals surface area contributed by atoms with Gasteiger partial charge in [0.25, 0.3) is 0 Å². The number of nitriles is 1. The number of aryl methyl sites for hydroxylation is 1. The molecule has 4 nitrogen and oxygen atoms in total. The Hall–Kier alpha value is -1.34. The van der Waals surface area contributed by atoms with Gasteiger partial charge < -0.3 is 4.74 Å². The summed E-state index contributed by atoms with van der Waals surface area (Å²) in [6, 6.07) is 2.20. The van der Waals surface area contributed by atoms with Gasteiger partial charge in [0.15, 0.2) is 0 Å². The predicted octanol–water partition coefficient (Wildman–Crippen LogP) is 5.68. The fourth-order valence-electron chi connectivity index (χ4n) is 8.36. The summed E-state index contributed by atoms with van der Waals surface area (Å²) in [6.07, 6.45) is 18.1. The lowest BCUT2D eigenvalue weighted by molar-refractivity contribution is -0.0435. The molecule has 1 heterocycles. The second-order valence-electron chi connectivity index (χ2n) is 10.8. The first-order chi connectivity index (χ1) is 14.8. The summed E-state index contributed by atoms with van der Waals surface area (Å²) in [4.78, 5) is 0. The van der Waals surface area contributed by atoms with Gasteiger partial charge in [-0.3, -0.25) is 4.68 Å². The average Bonchev–Trinajstić information content (AvgIpc) is 3.42. The van der Waals surface area contributed by atoms with Crippen molar-refractivity contribution < 1.29 is 4.74 Å². The molecule has 8 atom stereocenters. The third kappa shape index (κ3) is 3.95. The molecule has 0 aromatic carbocycles. The second-order valence-corrected chi connectivity index (χ2v) is 10.8. The Morgan fingerprint density at radius 1 is 1.00 bits per heavy atom. The van der Waals surface area contributed by atoms with Crippen molar-refractivity contribution in [1.82, 2.24) is 9.78 Å². The van der Waals surface area contributed by atoms with E-state index in [1.54, 1.807) is 6.20 Å². The first kappa shape index (κ1) is 20.6. The summed E-state index contributed by atoms with van der Waals surface area (Å²) in [6.45, 7) is 4.99. The number of hydrogen-bond acceptors (Lipinski definition) is 3. The van der Waals surface area contributed by atoms with Crippen molar-refractivity contribution >= 4 is 0 Å². The maximum absolute atomic E-state index is 9.02. The Balaban J connectivity index is 1.17. The van der Waals surface area contributed by atoms with E-state index < -0.39 is 0 Å². The van der Waals surface area contributed by atoms with Gasteiger partial charge in [0, 0.05) is 26.0 Å². The van der Waals surface area contributed by atoms with Gasteiger partial charge in [0.1, 0.15) is 6.07 Å². The highest BCUT2D eigenvalue weighted by Gasteiger charge is 2.51. The van der Waals surface area contributed by atoms with Crippen molar-refractivity contribution in [3.8, 4) is 6.07 Å². The summed E-state index contributed by atoms with van der Waals surface area (Å²) in [5, 5.41) is 13.4. The predicted molar refractivity (Wildman–Crippen MR) is 118 cm³/mol. The second kappa shape index (κ2) is 9.03. The van der Waals surface area contributed by atoms with Crippen LogP contribution in [0, 0.1) is 58.7 Å². The van der Waals surface area contributed by atoms with E-state index in [1.165, 1.54) is 64.2 Å². The zero-order chi connectivity index (χ0) is 20.5. The highest BCUT2D eigenvalue weighted by molar-refractivity contribution is 5.21. The van der Waals surface area contributed by atoms with Crippen molar-refractivity contribution in [2.45, 2.75) is 77.7 Å². The monoisotopic (exact) mass is 409 g/mol. The average molecular weight is 410 g/mol. The number of fused-ring (bicyclic) bond motifs is 5. The maximum atomic E-state index is 9.02. The van der Waals surface area contributed by atoms with Gasteiger partial charge in [-0.1, -0.05) is 0 Å². The van der Waals surface area contributed by atoms with Crippen molar-refractivity contribution in [2.24, 2.45) is 47.3 Å². The highest BCUT2D eigenvalue weighted by Crippen LogP contribution is 2.60. The number of hydrogen-bond donors (Lipinski definition) is 0. The molecular formula is C26H39N3O. The molecule has 0 spiro atoms. The summed E-state index contributed by atoms with van der Waals surface area (Å²) >= 11 is 0. The molecule has 5 rings (SSSR count). The molecule has 4 heteroatoms. The van der Waals surface area contributed by atoms with E-state index in [9.17, 15) is 0 Å². The zero-order valence-electron chi connectivity index (χ0n) is 18.7. The van der Waals surface area contributed by atoms with Crippen LogP contribution in [0.3, 0.4) is 0 Å². The molecule has 4 aliphatic rings. The molecule has 0 N–H and O–H groups in total. The fraction of sp³-hybridized carbons (Fsp3) is 0.846. The molecule has 0 amide bonds. The van der Waals surface area contributed by atoms with Gasteiger partial charge in [0.2, 0.25) is 0 Å². The maximum Gasteiger partial charge on any atom is 0.102 e. The van der Waals surface area contributed by atoms with E-state index in [-0.39, 0.29) is 0 Å². The smallest absolute Gasteiger partial charge is 0.102 e. The van der Waals surface area contributed by atoms with E-state index >= 15 is 0 Å². The van der Waals surface area contributed by atoms with Crippen LogP contribution in [0.15, 0.2) is 12.4 Å². The molecule has 1 aromatic heterocycles. The quantitative estimate of drug-likeness (QED) is 0.608. The van der Waals surface area contributed by atoms with Gasteiger partial charge in [-0.05, 0) is 118 Å². The van der Waals surface area contributed by atoms with Crippen LogP contribution in [-0.4, -0.2) is 23.0 Å². The molecule has 4 saturated carbocycles. The summed E-state index contributed by atoms with van der Waals surface area (Å²) in [7, 11) is 0. The molecule has 0 aliphatic heterocycles. The molecule has 4 fully saturated rings. The lowest BCUT2D eigenvalue weighted by atomic mass is 9.52. The Labute approximate surface area is 182 Å². The highest BCUT2D eigenvalue weighted by atomic mass is 16.5. The van der Waals surface area contributed by atoms with Crippen molar-refractivity contribution in [2.75, 3.05) is 13.2 Å². The van der Waals surface area contributed by atoms with Gasteiger partial charge in [-0.15, -0.1) is 0 Å². The zero-order valence-corrected chi connectivity index (χ0v) is 18.7. The molecule has 7 unspecified atom stereocenters. The third-order valence-corrected chi connectivity index (χ3v) is 9.58. The summed E-state index contributed by atoms with van der Waals surface area (Å²) in [5.74, 6) is 7.74. The minimum atomic E-state index is 0.688. The Kier molecular flexibility index (Phi) is 6.19. The number of rotatable bonds is 6. The van der Waals surface area contributed by atoms with Crippen LogP contribution < -0.4 is 0 Å². The van der Waals surface area contributed by atoms with E-state index in [1.807, 2.05) is 10.9 Å². The number of aromatic nitrogens is 2. The largest absolute Gasteiger partial charge is 0.381 e. The number of nitrogens with zero attached hydrogens (tertiary/aromatic N) is 3. The standard InChI is InChI=1S/C26H39N3O/c1-2-30-17-18-3-6-23-21(13-18)5-8-26-24-7-4-20(22(24)9-10-25(23)26)11-12-29-16-19(14-27)15-28-29/h15-16,18,20-26H,2-13,17H2,1H3/t18?,20-,21?,22?,23?,24?,25?,26?/m1/s1. The van der Waals surface area contributed by atoms with Gasteiger partial charge >= 0.3 is 0 Å². The van der Waals surface area contributed by atoms with Crippen LogP contribution in [0.5, 0.6) is 0 Å². The van der Waals surface area contributed by atoms with Crippen molar-refractivity contribution in [3.05, 3.63) is 18.0 Å².